The van der Waals surface area contributed by atoms with E-state index >= 15 is 0 Å². The molecule has 0 aliphatic carbocycles. The summed E-state index contributed by atoms with van der Waals surface area (Å²) in [5.74, 6) is -0.884. The number of hydrogen-bond donors (Lipinski definition) is 0. The average molecular weight is 1130 g/mol. The molecular weight excluding hydrogens is 997 g/mol. The molecule has 1 atom stereocenters. The van der Waals surface area contributed by atoms with Crippen molar-refractivity contribution >= 4 is 17.9 Å². The van der Waals surface area contributed by atoms with Gasteiger partial charge in [-0.1, -0.05) is 351 Å². The molecule has 0 N–H and O–H groups in total. The van der Waals surface area contributed by atoms with E-state index < -0.39 is 6.10 Å². The lowest BCUT2D eigenvalue weighted by molar-refractivity contribution is -0.167. The number of carbonyl (C=O) groups excluding carboxylic acids is 3. The molecule has 6 nitrogen and oxygen atoms in total. The highest BCUT2D eigenvalue weighted by Crippen LogP contribution is 2.18. The molecule has 0 amide bonds. The van der Waals surface area contributed by atoms with Gasteiger partial charge in [0.25, 0.3) is 0 Å². The largest absolute Gasteiger partial charge is 0.462 e. The fourth-order valence-corrected chi connectivity index (χ4v) is 10.5. The molecule has 0 saturated heterocycles. The summed E-state index contributed by atoms with van der Waals surface area (Å²) in [7, 11) is 0. The van der Waals surface area contributed by atoms with Crippen LogP contribution < -0.4 is 0 Å². The lowest BCUT2D eigenvalue weighted by atomic mass is 10.0. The van der Waals surface area contributed by atoms with E-state index in [0.717, 1.165) is 109 Å². The molecule has 81 heavy (non-hydrogen) atoms. The third-order valence-electron chi connectivity index (χ3n) is 15.7. The van der Waals surface area contributed by atoms with Gasteiger partial charge in [0, 0.05) is 19.3 Å². The second-order valence-electron chi connectivity index (χ2n) is 23.8. The Kier molecular flexibility index (Phi) is 66.6. The Balaban J connectivity index is 4.28. The Labute approximate surface area is 503 Å². The van der Waals surface area contributed by atoms with E-state index in [1.165, 1.54) is 218 Å². The van der Waals surface area contributed by atoms with Crippen LogP contribution in [0.3, 0.4) is 0 Å². The number of rotatable bonds is 65. The van der Waals surface area contributed by atoms with Crippen LogP contribution in [0.4, 0.5) is 0 Å². The molecule has 6 heteroatoms. The molecule has 0 bridgehead atoms. The van der Waals surface area contributed by atoms with Crippen LogP contribution in [0.1, 0.15) is 367 Å². The van der Waals surface area contributed by atoms with Gasteiger partial charge in [-0.05, 0) is 70.6 Å². The van der Waals surface area contributed by atoms with E-state index in [0.29, 0.717) is 19.3 Å². The van der Waals surface area contributed by atoms with Crippen molar-refractivity contribution in [2.24, 2.45) is 0 Å². The molecule has 1 unspecified atom stereocenters. The van der Waals surface area contributed by atoms with Gasteiger partial charge in [-0.3, -0.25) is 14.4 Å². The summed E-state index contributed by atoms with van der Waals surface area (Å²) < 4.78 is 17.0. The first kappa shape index (κ1) is 77.9. The number of hydrogen-bond acceptors (Lipinski definition) is 6. The molecule has 0 aromatic heterocycles. The van der Waals surface area contributed by atoms with Crippen molar-refractivity contribution in [3.63, 3.8) is 0 Å². The second-order valence-corrected chi connectivity index (χ2v) is 23.8. The van der Waals surface area contributed by atoms with Crippen LogP contribution in [0.25, 0.3) is 0 Å². The standard InChI is InChI=1S/C75H134O6/c1-4-7-10-13-16-19-22-25-27-29-31-33-35-36-37-38-40-41-43-45-47-50-53-56-59-62-65-68-74(77)80-71-72(70-79-73(76)67-64-61-58-55-52-49-24-21-18-15-12-9-6-3)81-75(78)69-66-63-60-57-54-51-48-46-44-42-39-34-32-30-28-26-23-20-17-14-11-8-5-2/h8,11,17,20,26,28,32,34,42,44,48,51,72H,4-7,9-10,12-16,18-19,21-25,27,29-31,33,35-41,43,45-47,49-50,52-71H2,1-3H3/b11-8-,20-17-,28-26-,34-32-,44-42-,51-48-. The van der Waals surface area contributed by atoms with Crippen molar-refractivity contribution in [3.05, 3.63) is 72.9 Å². The van der Waals surface area contributed by atoms with E-state index in [2.05, 4.69) is 93.7 Å². The fraction of sp³-hybridized carbons (Fsp3) is 0.800. The van der Waals surface area contributed by atoms with Gasteiger partial charge in [0.1, 0.15) is 13.2 Å². The third kappa shape index (κ3) is 67.5. The highest BCUT2D eigenvalue weighted by Gasteiger charge is 2.19. The SMILES string of the molecule is CC/C=C\C/C=C\C/C=C\C/C=C\C/C=C\C/C=C\CCCCCCC(=O)OC(COC(=O)CCCCCCCCCCCCCCC)COC(=O)CCCCCCCCCCCCCCCCCCCCCCCCCCCCC. The smallest absolute Gasteiger partial charge is 0.306 e. The maximum Gasteiger partial charge on any atom is 0.306 e. The third-order valence-corrected chi connectivity index (χ3v) is 15.7. The minimum atomic E-state index is -0.788. The van der Waals surface area contributed by atoms with Crippen LogP contribution in [0, 0.1) is 0 Å². The first-order chi connectivity index (χ1) is 40.0. The number of esters is 3. The van der Waals surface area contributed by atoms with Gasteiger partial charge >= 0.3 is 17.9 Å². The highest BCUT2D eigenvalue weighted by atomic mass is 16.6. The van der Waals surface area contributed by atoms with Gasteiger partial charge in [0.15, 0.2) is 6.10 Å². The summed E-state index contributed by atoms with van der Waals surface area (Å²) in [6.45, 7) is 6.56. The minimum absolute atomic E-state index is 0.0813. The molecular formula is C75H134O6. The summed E-state index contributed by atoms with van der Waals surface area (Å²) >= 11 is 0. The van der Waals surface area contributed by atoms with E-state index in [9.17, 15) is 14.4 Å². The van der Waals surface area contributed by atoms with Crippen molar-refractivity contribution in [1.29, 1.82) is 0 Å². The summed E-state index contributed by atoms with van der Waals surface area (Å²) in [5.41, 5.74) is 0. The van der Waals surface area contributed by atoms with Gasteiger partial charge in [-0.2, -0.15) is 0 Å². The number of carbonyl (C=O) groups is 3. The number of allylic oxidation sites excluding steroid dienone is 12. The molecule has 0 aromatic rings. The maximum atomic E-state index is 12.9. The summed E-state index contributed by atoms with van der Waals surface area (Å²) in [6.07, 6.45) is 90.8. The maximum absolute atomic E-state index is 12.9. The lowest BCUT2D eigenvalue weighted by Gasteiger charge is -2.18. The summed E-state index contributed by atoms with van der Waals surface area (Å²) in [5, 5.41) is 0. The summed E-state index contributed by atoms with van der Waals surface area (Å²) in [6, 6.07) is 0. The van der Waals surface area contributed by atoms with Gasteiger partial charge in [-0.25, -0.2) is 0 Å². The van der Waals surface area contributed by atoms with Crippen molar-refractivity contribution in [3.8, 4) is 0 Å². The molecule has 0 aliphatic heterocycles. The molecule has 0 fully saturated rings. The van der Waals surface area contributed by atoms with Crippen molar-refractivity contribution in [2.45, 2.75) is 374 Å². The molecule has 0 spiro atoms. The van der Waals surface area contributed by atoms with Gasteiger partial charge < -0.3 is 14.2 Å². The zero-order valence-electron chi connectivity index (χ0n) is 54.1. The van der Waals surface area contributed by atoms with E-state index in [1.54, 1.807) is 0 Å². The van der Waals surface area contributed by atoms with Gasteiger partial charge in [-0.15, -0.1) is 0 Å². The molecule has 0 radical (unpaired) electrons. The Morgan fingerprint density at radius 2 is 0.481 bits per heavy atom. The fourth-order valence-electron chi connectivity index (χ4n) is 10.5. The number of unbranched alkanes of at least 4 members (excludes halogenated alkanes) is 42. The Morgan fingerprint density at radius 3 is 0.753 bits per heavy atom. The Bertz CT molecular complexity index is 1490. The van der Waals surface area contributed by atoms with Gasteiger partial charge in [0.05, 0.1) is 0 Å². The average Bonchev–Trinajstić information content (AvgIpc) is 3.46. The molecule has 0 rings (SSSR count). The van der Waals surface area contributed by atoms with Crippen molar-refractivity contribution in [1.82, 2.24) is 0 Å². The van der Waals surface area contributed by atoms with E-state index in [1.807, 2.05) is 0 Å². The van der Waals surface area contributed by atoms with Crippen LogP contribution >= 0.6 is 0 Å². The molecule has 0 aliphatic rings. The monoisotopic (exact) mass is 1130 g/mol. The van der Waals surface area contributed by atoms with E-state index in [-0.39, 0.29) is 31.1 Å². The lowest BCUT2D eigenvalue weighted by Crippen LogP contribution is -2.30. The molecule has 0 heterocycles. The second kappa shape index (κ2) is 69.3. The molecule has 0 saturated carbocycles. The predicted molar refractivity (Wildman–Crippen MR) is 353 cm³/mol. The molecule has 470 valence electrons. The first-order valence-corrected chi connectivity index (χ1v) is 35.4. The Morgan fingerprint density at radius 1 is 0.259 bits per heavy atom. The molecule has 0 aromatic carbocycles. The van der Waals surface area contributed by atoms with Crippen molar-refractivity contribution < 1.29 is 28.6 Å². The zero-order valence-corrected chi connectivity index (χ0v) is 54.1. The van der Waals surface area contributed by atoms with Crippen LogP contribution in [-0.2, 0) is 28.6 Å². The highest BCUT2D eigenvalue weighted by molar-refractivity contribution is 5.71. The van der Waals surface area contributed by atoms with E-state index in [4.69, 9.17) is 14.2 Å². The topological polar surface area (TPSA) is 78.9 Å². The van der Waals surface area contributed by atoms with Crippen LogP contribution in [-0.4, -0.2) is 37.2 Å². The normalized spacial score (nSPS) is 12.5. The number of ether oxygens (including phenoxy) is 3. The predicted octanol–water partition coefficient (Wildman–Crippen LogP) is 24.4. The quantitative estimate of drug-likeness (QED) is 0.0261. The Hall–Kier alpha value is -3.15. The van der Waals surface area contributed by atoms with Crippen LogP contribution in [0.5, 0.6) is 0 Å². The van der Waals surface area contributed by atoms with Crippen LogP contribution in [0.15, 0.2) is 72.9 Å². The van der Waals surface area contributed by atoms with Crippen LogP contribution in [0.2, 0.25) is 0 Å². The van der Waals surface area contributed by atoms with Gasteiger partial charge in [0.2, 0.25) is 0 Å². The zero-order chi connectivity index (χ0) is 58.5. The first-order valence-electron chi connectivity index (χ1n) is 35.4. The van der Waals surface area contributed by atoms with Crippen molar-refractivity contribution in [2.75, 3.05) is 13.2 Å². The minimum Gasteiger partial charge on any atom is -0.462 e. The summed E-state index contributed by atoms with van der Waals surface area (Å²) in [4.78, 5) is 38.4.